The molecule has 2 N–H and O–H groups in total. The third-order valence-corrected chi connectivity index (χ3v) is 5.71. The summed E-state index contributed by atoms with van der Waals surface area (Å²) in [6.45, 7) is 3.17. The van der Waals surface area contributed by atoms with Crippen LogP contribution in [0.5, 0.6) is 0 Å². The van der Waals surface area contributed by atoms with Crippen LogP contribution in [0.2, 0.25) is 0 Å². The van der Waals surface area contributed by atoms with Crippen molar-refractivity contribution in [3.63, 3.8) is 0 Å². The minimum Gasteiger partial charge on any atom is -0.481 e. The normalized spacial score (nSPS) is 14.7. The minimum absolute atomic E-state index is 0.0184. The van der Waals surface area contributed by atoms with Gasteiger partial charge in [-0.05, 0) is 55.7 Å². The molecule has 0 fully saturated rings. The number of nitrogens with one attached hydrogen (secondary N) is 1. The molecule has 0 spiro atoms. The third-order valence-electron chi connectivity index (χ3n) is 5.71. The number of esters is 1. The Morgan fingerprint density at radius 3 is 2.58 bits per heavy atom. The molecule has 9 heteroatoms. The number of rotatable bonds is 11. The molecule has 3 heterocycles. The summed E-state index contributed by atoms with van der Waals surface area (Å²) in [7, 11) is 0. The van der Waals surface area contributed by atoms with E-state index in [-0.39, 0.29) is 30.3 Å². The molecule has 2 aromatic rings. The van der Waals surface area contributed by atoms with Crippen LogP contribution in [0.15, 0.2) is 24.5 Å². The Kier molecular flexibility index (Phi) is 8.46. The monoisotopic (exact) mass is 454 g/mol. The molecule has 0 radical (unpaired) electrons. The maximum absolute atomic E-state index is 11.7. The zero-order valence-corrected chi connectivity index (χ0v) is 19.0. The molecule has 0 aliphatic carbocycles. The van der Waals surface area contributed by atoms with Crippen LogP contribution in [0.4, 0.5) is 5.82 Å². The van der Waals surface area contributed by atoms with Crippen LogP contribution in [0.1, 0.15) is 74.0 Å². The number of amides is 1. The standard InChI is InChI=1S/C24H30N4O5/c1-15-25-13-19(14-26-15)18(11-23(31)32)5-3-4-6-21(33-16(2)29)12-20-9-7-17-8-10-22(30)28-24(17)27-20/h7,9,13-14,18,21H,3-6,8,10-12H2,1-2H3,(H,31,32)(H,27,28,30)/t18-,21?/m0/s1. The number of aryl methyl sites for hydroxylation is 2. The molecule has 9 nitrogen and oxygen atoms in total. The molecule has 1 unspecified atom stereocenters. The second-order valence-corrected chi connectivity index (χ2v) is 8.44. The number of carbonyl (C=O) groups is 3. The van der Waals surface area contributed by atoms with E-state index in [1.54, 1.807) is 19.3 Å². The van der Waals surface area contributed by atoms with E-state index in [1.165, 1.54) is 6.92 Å². The van der Waals surface area contributed by atoms with E-state index in [1.807, 2.05) is 12.1 Å². The van der Waals surface area contributed by atoms with Crippen LogP contribution < -0.4 is 5.32 Å². The summed E-state index contributed by atoms with van der Waals surface area (Å²) in [5.41, 5.74) is 2.58. The average Bonchev–Trinajstić information content (AvgIpc) is 2.75. The zero-order valence-electron chi connectivity index (χ0n) is 19.0. The highest BCUT2D eigenvalue weighted by atomic mass is 16.5. The smallest absolute Gasteiger partial charge is 0.303 e. The van der Waals surface area contributed by atoms with Gasteiger partial charge in [-0.2, -0.15) is 0 Å². The molecule has 0 bridgehead atoms. The van der Waals surface area contributed by atoms with Gasteiger partial charge in [0.15, 0.2) is 0 Å². The van der Waals surface area contributed by atoms with Crippen LogP contribution in [0.25, 0.3) is 0 Å². The third kappa shape index (κ3) is 7.62. The number of carboxylic acid groups (broad SMARTS) is 1. The number of anilines is 1. The van der Waals surface area contributed by atoms with E-state index < -0.39 is 5.97 Å². The Morgan fingerprint density at radius 2 is 1.88 bits per heavy atom. The fourth-order valence-electron chi connectivity index (χ4n) is 4.04. The first kappa shape index (κ1) is 24.3. The summed E-state index contributed by atoms with van der Waals surface area (Å²) in [5.74, 6) is -0.190. The molecule has 0 aromatic carbocycles. The van der Waals surface area contributed by atoms with Gasteiger partial charge in [0.1, 0.15) is 17.7 Å². The SMILES string of the molecule is CC(=O)OC(CCCC[C@@H](CC(=O)O)c1cnc(C)nc1)Cc1ccc2c(n1)NC(=O)CC2. The van der Waals surface area contributed by atoms with Gasteiger partial charge in [-0.25, -0.2) is 15.0 Å². The van der Waals surface area contributed by atoms with Crippen LogP contribution in [0.3, 0.4) is 0 Å². The number of aliphatic carboxylic acids is 1. The van der Waals surface area contributed by atoms with E-state index >= 15 is 0 Å². The van der Waals surface area contributed by atoms with Crippen LogP contribution in [-0.2, 0) is 32.0 Å². The van der Waals surface area contributed by atoms with Crippen molar-refractivity contribution < 1.29 is 24.2 Å². The van der Waals surface area contributed by atoms with E-state index in [9.17, 15) is 19.5 Å². The summed E-state index contributed by atoms with van der Waals surface area (Å²) in [4.78, 5) is 47.5. The van der Waals surface area contributed by atoms with Crippen molar-refractivity contribution in [1.29, 1.82) is 0 Å². The van der Waals surface area contributed by atoms with Crippen molar-refractivity contribution in [3.8, 4) is 0 Å². The second-order valence-electron chi connectivity index (χ2n) is 8.44. The van der Waals surface area contributed by atoms with Crippen molar-refractivity contribution in [2.24, 2.45) is 0 Å². The summed E-state index contributed by atoms with van der Waals surface area (Å²) in [6, 6.07) is 3.87. The fraction of sp³-hybridized carbons (Fsp3) is 0.500. The largest absolute Gasteiger partial charge is 0.481 e. The summed E-state index contributed by atoms with van der Waals surface area (Å²) in [5, 5.41) is 12.1. The highest BCUT2D eigenvalue weighted by Gasteiger charge is 2.20. The van der Waals surface area contributed by atoms with Crippen LogP contribution in [0, 0.1) is 6.92 Å². The van der Waals surface area contributed by atoms with Gasteiger partial charge >= 0.3 is 11.9 Å². The molecule has 0 saturated heterocycles. The topological polar surface area (TPSA) is 131 Å². The average molecular weight is 455 g/mol. The number of hydrogen-bond donors (Lipinski definition) is 2. The van der Waals surface area contributed by atoms with E-state index in [0.29, 0.717) is 43.7 Å². The van der Waals surface area contributed by atoms with Crippen molar-refractivity contribution in [2.75, 3.05) is 5.32 Å². The number of fused-ring (bicyclic) bond motifs is 1. The zero-order chi connectivity index (χ0) is 23.8. The molecular weight excluding hydrogens is 424 g/mol. The molecule has 2 atom stereocenters. The number of unbranched alkanes of at least 4 members (excludes halogenated alkanes) is 1. The Bertz CT molecular complexity index is 993. The highest BCUT2D eigenvalue weighted by molar-refractivity contribution is 5.92. The summed E-state index contributed by atoms with van der Waals surface area (Å²) >= 11 is 0. The van der Waals surface area contributed by atoms with E-state index in [4.69, 9.17) is 4.74 Å². The Morgan fingerprint density at radius 1 is 1.15 bits per heavy atom. The van der Waals surface area contributed by atoms with Crippen molar-refractivity contribution in [1.82, 2.24) is 15.0 Å². The van der Waals surface area contributed by atoms with E-state index in [0.717, 1.165) is 29.7 Å². The molecule has 176 valence electrons. The van der Waals surface area contributed by atoms with Gasteiger partial charge in [-0.1, -0.05) is 12.5 Å². The number of aromatic nitrogens is 3. The maximum atomic E-state index is 11.7. The lowest BCUT2D eigenvalue weighted by Crippen LogP contribution is -2.23. The van der Waals surface area contributed by atoms with Gasteiger partial charge in [-0.15, -0.1) is 0 Å². The van der Waals surface area contributed by atoms with Gasteiger partial charge in [0.05, 0.1) is 6.42 Å². The number of carbonyl (C=O) groups excluding carboxylic acids is 2. The second kappa shape index (κ2) is 11.5. The van der Waals surface area contributed by atoms with Crippen LogP contribution >= 0.6 is 0 Å². The number of pyridine rings is 1. The lowest BCUT2D eigenvalue weighted by atomic mass is 9.91. The summed E-state index contributed by atoms with van der Waals surface area (Å²) < 4.78 is 5.51. The molecule has 2 aromatic heterocycles. The van der Waals surface area contributed by atoms with Gasteiger partial charge in [0.25, 0.3) is 0 Å². The molecule has 3 rings (SSSR count). The number of nitrogens with zero attached hydrogens (tertiary/aromatic N) is 3. The van der Waals surface area contributed by atoms with Crippen molar-refractivity contribution in [2.45, 2.75) is 77.2 Å². The quantitative estimate of drug-likeness (QED) is 0.390. The van der Waals surface area contributed by atoms with Crippen molar-refractivity contribution >= 4 is 23.7 Å². The first-order valence-corrected chi connectivity index (χ1v) is 11.3. The first-order valence-electron chi connectivity index (χ1n) is 11.3. The van der Waals surface area contributed by atoms with E-state index in [2.05, 4.69) is 20.3 Å². The highest BCUT2D eigenvalue weighted by Crippen LogP contribution is 2.26. The fourth-order valence-corrected chi connectivity index (χ4v) is 4.04. The number of hydrogen-bond acceptors (Lipinski definition) is 7. The molecule has 1 aliphatic rings. The maximum Gasteiger partial charge on any atom is 0.303 e. The van der Waals surface area contributed by atoms with Gasteiger partial charge in [0.2, 0.25) is 5.91 Å². The predicted octanol–water partition coefficient (Wildman–Crippen LogP) is 3.36. The van der Waals surface area contributed by atoms with Gasteiger partial charge in [0, 0.05) is 37.9 Å². The van der Waals surface area contributed by atoms with Gasteiger partial charge < -0.3 is 15.2 Å². The van der Waals surface area contributed by atoms with Crippen molar-refractivity contribution in [3.05, 3.63) is 47.2 Å². The molecule has 1 aliphatic heterocycles. The van der Waals surface area contributed by atoms with Crippen LogP contribution in [-0.4, -0.2) is 44.0 Å². The Hall–Kier alpha value is -3.36. The number of ether oxygens (including phenoxy) is 1. The Labute approximate surface area is 193 Å². The lowest BCUT2D eigenvalue weighted by Gasteiger charge is -2.20. The predicted molar refractivity (Wildman–Crippen MR) is 121 cm³/mol. The van der Waals surface area contributed by atoms with Gasteiger partial charge in [-0.3, -0.25) is 14.4 Å². The first-order chi connectivity index (χ1) is 15.8. The Balaban J connectivity index is 1.57. The molecule has 1 amide bonds. The molecule has 33 heavy (non-hydrogen) atoms. The lowest BCUT2D eigenvalue weighted by molar-refractivity contribution is -0.146. The minimum atomic E-state index is -0.857. The summed E-state index contributed by atoms with van der Waals surface area (Å²) in [6.07, 6.45) is 7.50. The molecular formula is C24H30N4O5. The number of carboxylic acids is 1. The molecule has 0 saturated carbocycles.